The lowest BCUT2D eigenvalue weighted by molar-refractivity contribution is 0.103. The van der Waals surface area contributed by atoms with E-state index in [1.807, 2.05) is 22.9 Å². The summed E-state index contributed by atoms with van der Waals surface area (Å²) in [4.78, 5) is 19.7. The van der Waals surface area contributed by atoms with Gasteiger partial charge in [0.15, 0.2) is 5.13 Å². The Labute approximate surface area is 148 Å². The number of rotatable bonds is 4. The van der Waals surface area contributed by atoms with Gasteiger partial charge in [0.1, 0.15) is 0 Å². The van der Waals surface area contributed by atoms with Crippen LogP contribution in [0.5, 0.6) is 0 Å². The largest absolute Gasteiger partial charge is 0.297 e. The zero-order chi connectivity index (χ0) is 16.4. The van der Waals surface area contributed by atoms with Crippen LogP contribution in [0.3, 0.4) is 0 Å². The van der Waals surface area contributed by atoms with E-state index in [1.54, 1.807) is 0 Å². The minimum atomic E-state index is -0.0854. The molecule has 0 fully saturated rings. The zero-order valence-electron chi connectivity index (χ0n) is 13.1. The third-order valence-electron chi connectivity index (χ3n) is 4.11. The molecule has 1 aliphatic rings. The molecule has 0 saturated carbocycles. The first-order chi connectivity index (χ1) is 11.8. The Morgan fingerprint density at radius 3 is 2.88 bits per heavy atom. The van der Waals surface area contributed by atoms with Crippen molar-refractivity contribution >= 4 is 33.7 Å². The van der Waals surface area contributed by atoms with Crippen molar-refractivity contribution in [1.29, 1.82) is 0 Å². The summed E-state index contributed by atoms with van der Waals surface area (Å²) in [6, 6.07) is 12.3. The van der Waals surface area contributed by atoms with E-state index in [0.29, 0.717) is 10.0 Å². The second-order valence-electron chi connectivity index (χ2n) is 5.80. The van der Waals surface area contributed by atoms with Crippen LogP contribution in [0, 0.1) is 0 Å². The summed E-state index contributed by atoms with van der Waals surface area (Å²) in [6.07, 6.45) is 1.09. The molecule has 24 heavy (non-hydrogen) atoms. The van der Waals surface area contributed by atoms with E-state index in [1.165, 1.54) is 33.8 Å². The average Bonchev–Trinajstić information content (AvgIpc) is 3.27. The van der Waals surface area contributed by atoms with Gasteiger partial charge in [0.25, 0.3) is 5.91 Å². The standard InChI is InChI=1S/C18H17N3OS2/c22-17(16-6-3-9-23-16)20-18-19-15(12-24-18)11-21-8-7-13-4-1-2-5-14(13)10-21/h1-6,9,12H,7-8,10-11H2,(H,19,20,22). The number of carbonyl (C=O) groups excluding carboxylic acids is 1. The van der Waals surface area contributed by atoms with Crippen LogP contribution in [0.2, 0.25) is 0 Å². The predicted molar refractivity (Wildman–Crippen MR) is 98.6 cm³/mol. The maximum Gasteiger partial charge on any atom is 0.267 e. The first-order valence-electron chi connectivity index (χ1n) is 7.86. The second kappa shape index (κ2) is 6.84. The molecule has 0 atom stereocenters. The van der Waals surface area contributed by atoms with Crippen LogP contribution in [0.25, 0.3) is 0 Å². The summed E-state index contributed by atoms with van der Waals surface area (Å²) < 4.78 is 0. The summed E-state index contributed by atoms with van der Waals surface area (Å²) in [5, 5.41) is 7.48. The van der Waals surface area contributed by atoms with Gasteiger partial charge in [-0.05, 0) is 29.0 Å². The fraction of sp³-hybridized carbons (Fsp3) is 0.222. The number of benzene rings is 1. The van der Waals surface area contributed by atoms with Gasteiger partial charge in [-0.25, -0.2) is 4.98 Å². The van der Waals surface area contributed by atoms with Gasteiger partial charge >= 0.3 is 0 Å². The number of thiazole rings is 1. The lowest BCUT2D eigenvalue weighted by atomic mass is 10.00. The lowest BCUT2D eigenvalue weighted by Crippen LogP contribution is -2.30. The van der Waals surface area contributed by atoms with Gasteiger partial charge in [-0.3, -0.25) is 15.0 Å². The molecule has 0 aliphatic carbocycles. The summed E-state index contributed by atoms with van der Waals surface area (Å²) in [7, 11) is 0. The first-order valence-corrected chi connectivity index (χ1v) is 9.62. The van der Waals surface area contributed by atoms with Gasteiger partial charge in [-0.1, -0.05) is 30.3 Å². The van der Waals surface area contributed by atoms with Crippen molar-refractivity contribution in [3.63, 3.8) is 0 Å². The minimum Gasteiger partial charge on any atom is -0.297 e. The molecule has 4 rings (SSSR count). The monoisotopic (exact) mass is 355 g/mol. The number of nitrogens with zero attached hydrogens (tertiary/aromatic N) is 2. The predicted octanol–water partition coefficient (Wildman–Crippen LogP) is 4.02. The van der Waals surface area contributed by atoms with E-state index in [0.717, 1.165) is 31.7 Å². The van der Waals surface area contributed by atoms with Crippen molar-refractivity contribution in [2.45, 2.75) is 19.5 Å². The fourth-order valence-electron chi connectivity index (χ4n) is 2.92. The molecule has 1 N–H and O–H groups in total. The quantitative estimate of drug-likeness (QED) is 0.769. The van der Waals surface area contributed by atoms with Crippen molar-refractivity contribution < 1.29 is 4.79 Å². The van der Waals surface area contributed by atoms with Crippen molar-refractivity contribution in [2.24, 2.45) is 0 Å². The van der Waals surface area contributed by atoms with Gasteiger partial charge in [-0.2, -0.15) is 0 Å². The molecule has 122 valence electrons. The molecule has 6 heteroatoms. The molecule has 1 aromatic carbocycles. The van der Waals surface area contributed by atoms with Crippen LogP contribution >= 0.6 is 22.7 Å². The highest BCUT2D eigenvalue weighted by atomic mass is 32.1. The number of hydrogen-bond donors (Lipinski definition) is 1. The number of nitrogens with one attached hydrogen (secondary N) is 1. The molecule has 3 heterocycles. The highest BCUT2D eigenvalue weighted by Gasteiger charge is 2.17. The topological polar surface area (TPSA) is 45.2 Å². The number of thiophene rings is 1. The van der Waals surface area contributed by atoms with Crippen LogP contribution in [0.1, 0.15) is 26.5 Å². The summed E-state index contributed by atoms with van der Waals surface area (Å²) in [6.45, 7) is 2.83. The van der Waals surface area contributed by atoms with Crippen molar-refractivity contribution in [1.82, 2.24) is 9.88 Å². The van der Waals surface area contributed by atoms with Crippen molar-refractivity contribution in [3.8, 4) is 0 Å². The van der Waals surface area contributed by atoms with Crippen LogP contribution < -0.4 is 5.32 Å². The molecule has 0 bridgehead atoms. The highest BCUT2D eigenvalue weighted by molar-refractivity contribution is 7.14. The van der Waals surface area contributed by atoms with Crippen LogP contribution in [0.4, 0.5) is 5.13 Å². The third kappa shape index (κ3) is 3.40. The van der Waals surface area contributed by atoms with Gasteiger partial charge in [-0.15, -0.1) is 22.7 Å². The van der Waals surface area contributed by atoms with Gasteiger partial charge < -0.3 is 0 Å². The smallest absolute Gasteiger partial charge is 0.267 e. The normalized spacial score (nSPS) is 14.3. The van der Waals surface area contributed by atoms with Gasteiger partial charge in [0.2, 0.25) is 0 Å². The van der Waals surface area contributed by atoms with Crippen LogP contribution in [-0.4, -0.2) is 22.3 Å². The molecule has 0 radical (unpaired) electrons. The number of carbonyl (C=O) groups is 1. The second-order valence-corrected chi connectivity index (χ2v) is 7.61. The van der Waals surface area contributed by atoms with E-state index < -0.39 is 0 Å². The maximum atomic E-state index is 12.1. The minimum absolute atomic E-state index is 0.0854. The molecule has 1 amide bonds. The Morgan fingerprint density at radius 1 is 1.17 bits per heavy atom. The number of anilines is 1. The molecule has 4 nitrogen and oxygen atoms in total. The Hall–Kier alpha value is -2.02. The molecule has 3 aromatic rings. The van der Waals surface area contributed by atoms with E-state index in [-0.39, 0.29) is 5.91 Å². The Morgan fingerprint density at radius 2 is 2.04 bits per heavy atom. The lowest BCUT2D eigenvalue weighted by Gasteiger charge is -2.27. The third-order valence-corrected chi connectivity index (χ3v) is 5.79. The zero-order valence-corrected chi connectivity index (χ0v) is 14.7. The Balaban J connectivity index is 1.38. The molecular formula is C18H17N3OS2. The van der Waals surface area contributed by atoms with Gasteiger partial charge in [0.05, 0.1) is 10.6 Å². The van der Waals surface area contributed by atoms with Crippen molar-refractivity contribution in [3.05, 3.63) is 68.9 Å². The molecular weight excluding hydrogens is 338 g/mol. The summed E-state index contributed by atoms with van der Waals surface area (Å²) in [5.74, 6) is -0.0854. The fourth-order valence-corrected chi connectivity index (χ4v) is 4.24. The van der Waals surface area contributed by atoms with Crippen LogP contribution in [-0.2, 0) is 19.5 Å². The van der Waals surface area contributed by atoms with E-state index >= 15 is 0 Å². The molecule has 0 saturated heterocycles. The van der Waals surface area contributed by atoms with E-state index in [2.05, 4.69) is 39.5 Å². The van der Waals surface area contributed by atoms with Gasteiger partial charge in [0, 0.05) is 25.0 Å². The maximum absolute atomic E-state index is 12.1. The van der Waals surface area contributed by atoms with E-state index in [9.17, 15) is 4.79 Å². The molecule has 0 spiro atoms. The van der Waals surface area contributed by atoms with E-state index in [4.69, 9.17) is 0 Å². The van der Waals surface area contributed by atoms with Crippen molar-refractivity contribution in [2.75, 3.05) is 11.9 Å². The Kier molecular flexibility index (Phi) is 4.42. The number of fused-ring (bicyclic) bond motifs is 1. The van der Waals surface area contributed by atoms with Crippen LogP contribution in [0.15, 0.2) is 47.2 Å². The summed E-state index contributed by atoms with van der Waals surface area (Å²) in [5.41, 5.74) is 3.88. The first kappa shape index (κ1) is 15.5. The average molecular weight is 355 g/mol. The Bertz CT molecular complexity index is 842. The SMILES string of the molecule is O=C(Nc1nc(CN2CCc3ccccc3C2)cs1)c1cccs1. The number of hydrogen-bond acceptors (Lipinski definition) is 5. The summed E-state index contributed by atoms with van der Waals surface area (Å²) >= 11 is 2.92. The molecule has 2 aromatic heterocycles. The number of aromatic nitrogens is 1. The molecule has 0 unspecified atom stereocenters. The number of amides is 1. The highest BCUT2D eigenvalue weighted by Crippen LogP contribution is 2.23. The molecule has 1 aliphatic heterocycles.